The van der Waals surface area contributed by atoms with E-state index in [1.165, 1.54) is 24.3 Å². The van der Waals surface area contributed by atoms with Crippen molar-refractivity contribution in [2.24, 2.45) is 5.92 Å². The van der Waals surface area contributed by atoms with Gasteiger partial charge >= 0.3 is 12.4 Å². The highest BCUT2D eigenvalue weighted by molar-refractivity contribution is 5.98. The molecule has 1 N–H and O–H groups in total. The first-order chi connectivity index (χ1) is 20.3. The van der Waals surface area contributed by atoms with Gasteiger partial charge in [-0.05, 0) is 68.1 Å². The second kappa shape index (κ2) is 11.7. The predicted octanol–water partition coefficient (Wildman–Crippen LogP) is 6.27. The molecule has 0 aliphatic carbocycles. The zero-order valence-electron chi connectivity index (χ0n) is 23.0. The smallest absolute Gasteiger partial charge is 0.343 e. The zero-order valence-corrected chi connectivity index (χ0v) is 23.0. The number of piperidine rings is 1. The second-order valence-electron chi connectivity index (χ2n) is 10.5. The fourth-order valence-corrected chi connectivity index (χ4v) is 5.14. The van der Waals surface area contributed by atoms with Crippen LogP contribution in [-0.2, 0) is 12.7 Å². The number of hydrogen-bond donors (Lipinski definition) is 1. The van der Waals surface area contributed by atoms with Crippen molar-refractivity contribution in [1.82, 2.24) is 25.0 Å². The summed E-state index contributed by atoms with van der Waals surface area (Å²) in [7, 11) is 0. The van der Waals surface area contributed by atoms with Crippen LogP contribution in [0.3, 0.4) is 0 Å². The monoisotopic (exact) mass is 603 g/mol. The summed E-state index contributed by atoms with van der Waals surface area (Å²) in [5.74, 6) is -0.759. The minimum Gasteiger partial charge on any atom is -0.343 e. The Labute approximate surface area is 242 Å². The van der Waals surface area contributed by atoms with Crippen LogP contribution in [0.15, 0.2) is 60.7 Å². The third kappa shape index (κ3) is 6.98. The van der Waals surface area contributed by atoms with Gasteiger partial charge < -0.3 is 10.2 Å². The number of carbonyl (C=O) groups is 2. The van der Waals surface area contributed by atoms with Crippen LogP contribution in [-0.4, -0.2) is 57.3 Å². The number of fused-ring (bicyclic) bond motifs is 1. The van der Waals surface area contributed by atoms with Gasteiger partial charge in [-0.15, -0.1) is 0 Å². The van der Waals surface area contributed by atoms with E-state index in [9.17, 15) is 35.9 Å². The molecule has 0 radical (unpaired) electrons. The van der Waals surface area contributed by atoms with E-state index in [-0.39, 0.29) is 23.1 Å². The van der Waals surface area contributed by atoms with E-state index in [1.54, 1.807) is 35.2 Å². The van der Waals surface area contributed by atoms with Gasteiger partial charge in [0, 0.05) is 47.4 Å². The van der Waals surface area contributed by atoms with E-state index >= 15 is 0 Å². The molecule has 5 rings (SSSR count). The number of aromatic nitrogens is 3. The van der Waals surface area contributed by atoms with Crippen molar-refractivity contribution in [3.8, 4) is 11.3 Å². The van der Waals surface area contributed by atoms with Gasteiger partial charge in [-0.3, -0.25) is 14.3 Å². The van der Waals surface area contributed by atoms with Gasteiger partial charge in [0.05, 0.1) is 11.2 Å². The highest BCUT2D eigenvalue weighted by Gasteiger charge is 2.32. The molecule has 1 fully saturated rings. The Morgan fingerprint density at radius 1 is 0.930 bits per heavy atom. The number of nitrogens with zero attached hydrogens (tertiary/aromatic N) is 4. The number of benzene rings is 2. The summed E-state index contributed by atoms with van der Waals surface area (Å²) in [4.78, 5) is 30.7. The van der Waals surface area contributed by atoms with Gasteiger partial charge in [-0.25, -0.2) is 4.98 Å². The molecule has 2 amide bonds. The Balaban J connectivity index is 1.19. The summed E-state index contributed by atoms with van der Waals surface area (Å²) in [5.41, 5.74) is 1.61. The summed E-state index contributed by atoms with van der Waals surface area (Å²) in [5, 5.41) is 7.15. The van der Waals surface area contributed by atoms with Crippen LogP contribution in [0.5, 0.6) is 0 Å². The van der Waals surface area contributed by atoms with Crippen LogP contribution < -0.4 is 5.32 Å². The van der Waals surface area contributed by atoms with Crippen molar-refractivity contribution in [2.45, 2.75) is 38.7 Å². The van der Waals surface area contributed by atoms with Crippen molar-refractivity contribution >= 4 is 22.7 Å². The Kier molecular flexibility index (Phi) is 8.17. The third-order valence-electron chi connectivity index (χ3n) is 7.51. The van der Waals surface area contributed by atoms with Crippen LogP contribution in [0.4, 0.5) is 26.3 Å². The number of aryl methyl sites for hydroxylation is 1. The third-order valence-corrected chi connectivity index (χ3v) is 7.51. The molecule has 0 spiro atoms. The predicted molar refractivity (Wildman–Crippen MR) is 146 cm³/mol. The van der Waals surface area contributed by atoms with Crippen LogP contribution in [0, 0.1) is 12.8 Å². The average Bonchev–Trinajstić information content (AvgIpc) is 3.29. The van der Waals surface area contributed by atoms with Crippen LogP contribution >= 0.6 is 0 Å². The maximum Gasteiger partial charge on any atom is 0.433 e. The molecule has 1 aliphatic heterocycles. The molecule has 1 saturated heterocycles. The molecular formula is C30H27F6N5O2. The molecule has 0 bridgehead atoms. The quantitative estimate of drug-likeness (QED) is 0.264. The Morgan fingerprint density at radius 2 is 1.60 bits per heavy atom. The number of likely N-dealkylation sites (tertiary alicyclic amines) is 1. The van der Waals surface area contributed by atoms with Gasteiger partial charge in [-0.1, -0.05) is 18.2 Å². The zero-order chi connectivity index (χ0) is 30.9. The molecule has 7 nitrogen and oxygen atoms in total. The van der Waals surface area contributed by atoms with Gasteiger partial charge in [-0.2, -0.15) is 31.4 Å². The minimum atomic E-state index is -4.55. The standard InChI is InChI=1S/C30H27F6N5O2/c1-18-23-15-22(27(42)37-17-29(31,32)33)9-10-25(23)39-41(18)16-19-11-13-40(14-12-19)28(43)21-7-5-20(6-8-21)24-3-2-4-26(38-24)30(34,35)36/h2-10,15,19H,11-14,16-17H2,1H3,(H,37,42). The molecule has 4 aromatic rings. The Morgan fingerprint density at radius 3 is 2.26 bits per heavy atom. The first kappa shape index (κ1) is 30.1. The average molecular weight is 604 g/mol. The number of hydrogen-bond acceptors (Lipinski definition) is 4. The van der Waals surface area contributed by atoms with E-state index in [0.29, 0.717) is 41.7 Å². The van der Waals surface area contributed by atoms with E-state index in [0.717, 1.165) is 24.6 Å². The van der Waals surface area contributed by atoms with Crippen LogP contribution in [0.1, 0.15) is 44.9 Å². The van der Waals surface area contributed by atoms with Gasteiger partial charge in [0.2, 0.25) is 0 Å². The Bertz CT molecular complexity index is 1640. The molecular weight excluding hydrogens is 576 g/mol. The normalized spacial score (nSPS) is 14.7. The van der Waals surface area contributed by atoms with Crippen molar-refractivity contribution in [3.63, 3.8) is 0 Å². The maximum absolute atomic E-state index is 13.1. The molecule has 0 saturated carbocycles. The lowest BCUT2D eigenvalue weighted by Crippen LogP contribution is -2.39. The molecule has 13 heteroatoms. The summed E-state index contributed by atoms with van der Waals surface area (Å²) < 4.78 is 78.3. The highest BCUT2D eigenvalue weighted by atomic mass is 19.4. The van der Waals surface area contributed by atoms with Gasteiger partial charge in [0.1, 0.15) is 12.2 Å². The molecule has 1 aliphatic rings. The lowest BCUT2D eigenvalue weighted by atomic mass is 9.96. The number of amides is 2. The fraction of sp³-hybridized carbons (Fsp3) is 0.333. The minimum absolute atomic E-state index is 0.116. The fourth-order valence-electron chi connectivity index (χ4n) is 5.14. The second-order valence-corrected chi connectivity index (χ2v) is 10.5. The van der Waals surface area contributed by atoms with E-state index in [4.69, 9.17) is 0 Å². The molecule has 3 heterocycles. The summed E-state index contributed by atoms with van der Waals surface area (Å²) in [6, 6.07) is 14.6. The van der Waals surface area contributed by atoms with Gasteiger partial charge in [0.25, 0.3) is 11.8 Å². The molecule has 0 unspecified atom stereocenters. The van der Waals surface area contributed by atoms with E-state index in [1.807, 2.05) is 16.9 Å². The van der Waals surface area contributed by atoms with Crippen molar-refractivity contribution < 1.29 is 35.9 Å². The number of pyridine rings is 1. The number of nitrogens with one attached hydrogen (secondary N) is 1. The lowest BCUT2D eigenvalue weighted by Gasteiger charge is -2.32. The van der Waals surface area contributed by atoms with E-state index in [2.05, 4.69) is 10.1 Å². The SMILES string of the molecule is Cc1c2cc(C(=O)NCC(F)(F)F)ccc2nn1CC1CCN(C(=O)c2ccc(-c3cccc(C(F)(F)F)n3)cc2)CC1. The Hall–Kier alpha value is -4.42. The molecule has 2 aromatic heterocycles. The van der Waals surface area contributed by atoms with Crippen molar-refractivity contribution in [1.29, 1.82) is 0 Å². The first-order valence-corrected chi connectivity index (χ1v) is 13.5. The van der Waals surface area contributed by atoms with Crippen LogP contribution in [0.2, 0.25) is 0 Å². The van der Waals surface area contributed by atoms with Gasteiger partial charge in [0.15, 0.2) is 0 Å². The lowest BCUT2D eigenvalue weighted by molar-refractivity contribution is -0.141. The largest absolute Gasteiger partial charge is 0.433 e. The topological polar surface area (TPSA) is 80.1 Å². The number of alkyl halides is 6. The molecule has 2 aromatic carbocycles. The summed E-state index contributed by atoms with van der Waals surface area (Å²) in [6.45, 7) is 2.04. The summed E-state index contributed by atoms with van der Waals surface area (Å²) in [6.07, 6.45) is -7.61. The van der Waals surface area contributed by atoms with Crippen molar-refractivity contribution in [2.75, 3.05) is 19.6 Å². The number of rotatable bonds is 6. The highest BCUT2D eigenvalue weighted by Crippen LogP contribution is 2.30. The first-order valence-electron chi connectivity index (χ1n) is 13.5. The maximum atomic E-state index is 13.1. The molecule has 226 valence electrons. The van der Waals surface area contributed by atoms with Crippen molar-refractivity contribution in [3.05, 3.63) is 83.2 Å². The number of halogens is 6. The van der Waals surface area contributed by atoms with E-state index < -0.39 is 30.5 Å². The number of carbonyl (C=O) groups excluding carboxylic acids is 2. The molecule has 43 heavy (non-hydrogen) atoms. The summed E-state index contributed by atoms with van der Waals surface area (Å²) >= 11 is 0. The van der Waals surface area contributed by atoms with Crippen LogP contribution in [0.25, 0.3) is 22.2 Å². The molecule has 0 atom stereocenters.